The second-order valence-electron chi connectivity index (χ2n) is 4.52. The number of hydrogen-bond donors (Lipinski definition) is 1. The van der Waals surface area contributed by atoms with Crippen molar-refractivity contribution in [1.29, 1.82) is 0 Å². The molecule has 0 saturated carbocycles. The number of rotatable bonds is 8. The van der Waals surface area contributed by atoms with E-state index in [2.05, 4.69) is 5.32 Å². The monoisotopic (exact) mass is 287 g/mol. The Morgan fingerprint density at radius 1 is 0.857 bits per heavy atom. The summed E-state index contributed by atoms with van der Waals surface area (Å²) in [5, 5.41) is 3.11. The van der Waals surface area contributed by atoms with E-state index >= 15 is 0 Å². The third-order valence-electron chi connectivity index (χ3n) is 2.98. The lowest BCUT2D eigenvalue weighted by molar-refractivity contribution is 0.211. The molecule has 0 fully saturated rings. The molecule has 2 aromatic carbocycles. The fourth-order valence-corrected chi connectivity index (χ4v) is 1.96. The van der Waals surface area contributed by atoms with E-state index in [1.807, 2.05) is 55.6 Å². The topological polar surface area (TPSA) is 39.7 Å². The molecule has 0 bridgehead atoms. The second kappa shape index (κ2) is 8.17. The predicted molar refractivity (Wildman–Crippen MR) is 83.2 cm³/mol. The molecule has 0 aliphatic rings. The van der Waals surface area contributed by atoms with Gasteiger partial charge in [-0.3, -0.25) is 0 Å². The minimum absolute atomic E-state index is 0.471. The predicted octanol–water partition coefficient (Wildman–Crippen LogP) is 2.87. The van der Waals surface area contributed by atoms with Crippen LogP contribution in [0.1, 0.15) is 5.56 Å². The number of nitrogens with one attached hydrogen (secondary N) is 1. The summed E-state index contributed by atoms with van der Waals surface area (Å²) >= 11 is 0. The summed E-state index contributed by atoms with van der Waals surface area (Å²) < 4.78 is 16.5. The SMILES string of the molecule is CNCc1ccc(OCCOc2ccccc2OC)cc1. The molecule has 112 valence electrons. The maximum atomic E-state index is 5.65. The van der Waals surface area contributed by atoms with Crippen LogP contribution >= 0.6 is 0 Å². The van der Waals surface area contributed by atoms with Crippen molar-refractivity contribution in [2.75, 3.05) is 27.4 Å². The van der Waals surface area contributed by atoms with Crippen molar-refractivity contribution in [2.24, 2.45) is 0 Å². The summed E-state index contributed by atoms with van der Waals surface area (Å²) in [4.78, 5) is 0. The number of hydrogen-bond acceptors (Lipinski definition) is 4. The van der Waals surface area contributed by atoms with Crippen molar-refractivity contribution in [3.63, 3.8) is 0 Å². The Morgan fingerprint density at radius 2 is 1.52 bits per heavy atom. The smallest absolute Gasteiger partial charge is 0.161 e. The zero-order valence-electron chi connectivity index (χ0n) is 12.5. The van der Waals surface area contributed by atoms with E-state index in [1.54, 1.807) is 7.11 Å². The molecule has 0 aliphatic heterocycles. The normalized spacial score (nSPS) is 10.2. The van der Waals surface area contributed by atoms with E-state index in [-0.39, 0.29) is 0 Å². The van der Waals surface area contributed by atoms with Crippen molar-refractivity contribution in [3.05, 3.63) is 54.1 Å². The van der Waals surface area contributed by atoms with Crippen LogP contribution in [-0.2, 0) is 6.54 Å². The third-order valence-corrected chi connectivity index (χ3v) is 2.98. The molecule has 0 aromatic heterocycles. The Balaban J connectivity index is 1.76. The zero-order valence-corrected chi connectivity index (χ0v) is 12.5. The molecular weight excluding hydrogens is 266 g/mol. The van der Waals surface area contributed by atoms with Crippen molar-refractivity contribution in [1.82, 2.24) is 5.32 Å². The summed E-state index contributed by atoms with van der Waals surface area (Å²) in [6.45, 7) is 1.82. The zero-order chi connectivity index (χ0) is 14.9. The van der Waals surface area contributed by atoms with E-state index in [1.165, 1.54) is 5.56 Å². The van der Waals surface area contributed by atoms with Gasteiger partial charge in [0.2, 0.25) is 0 Å². The Kier molecular flexibility index (Phi) is 5.91. The van der Waals surface area contributed by atoms with E-state index in [0.29, 0.717) is 13.2 Å². The average Bonchev–Trinajstić information content (AvgIpc) is 2.54. The molecule has 4 nitrogen and oxygen atoms in total. The Morgan fingerprint density at radius 3 is 2.19 bits per heavy atom. The molecule has 0 aliphatic carbocycles. The minimum atomic E-state index is 0.471. The van der Waals surface area contributed by atoms with Crippen LogP contribution in [-0.4, -0.2) is 27.4 Å². The van der Waals surface area contributed by atoms with E-state index < -0.39 is 0 Å². The van der Waals surface area contributed by atoms with Gasteiger partial charge in [0.15, 0.2) is 11.5 Å². The van der Waals surface area contributed by atoms with Crippen LogP contribution in [0.3, 0.4) is 0 Å². The average molecular weight is 287 g/mol. The van der Waals surface area contributed by atoms with Crippen molar-refractivity contribution in [2.45, 2.75) is 6.54 Å². The lowest BCUT2D eigenvalue weighted by atomic mass is 10.2. The molecule has 2 aromatic rings. The van der Waals surface area contributed by atoms with Crippen LogP contribution < -0.4 is 19.5 Å². The third kappa shape index (κ3) is 4.68. The van der Waals surface area contributed by atoms with Crippen LogP contribution in [0, 0.1) is 0 Å². The van der Waals surface area contributed by atoms with Gasteiger partial charge < -0.3 is 19.5 Å². The molecule has 0 spiro atoms. The van der Waals surface area contributed by atoms with Crippen molar-refractivity contribution < 1.29 is 14.2 Å². The summed E-state index contributed by atoms with van der Waals surface area (Å²) in [5.74, 6) is 2.31. The molecule has 0 atom stereocenters. The second-order valence-corrected chi connectivity index (χ2v) is 4.52. The van der Waals surface area contributed by atoms with Gasteiger partial charge in [0.05, 0.1) is 7.11 Å². The Hall–Kier alpha value is -2.20. The van der Waals surface area contributed by atoms with Gasteiger partial charge in [0, 0.05) is 6.54 Å². The molecule has 21 heavy (non-hydrogen) atoms. The van der Waals surface area contributed by atoms with Gasteiger partial charge in [0.25, 0.3) is 0 Å². The van der Waals surface area contributed by atoms with Crippen molar-refractivity contribution in [3.8, 4) is 17.2 Å². The van der Waals surface area contributed by atoms with Gasteiger partial charge in [0.1, 0.15) is 19.0 Å². The molecule has 2 rings (SSSR count). The van der Waals surface area contributed by atoms with E-state index in [0.717, 1.165) is 23.8 Å². The first-order chi connectivity index (χ1) is 10.3. The first-order valence-corrected chi connectivity index (χ1v) is 6.95. The van der Waals surface area contributed by atoms with Gasteiger partial charge in [-0.1, -0.05) is 24.3 Å². The summed E-state index contributed by atoms with van der Waals surface area (Å²) in [6.07, 6.45) is 0. The molecule has 1 N–H and O–H groups in total. The maximum absolute atomic E-state index is 5.65. The van der Waals surface area contributed by atoms with Crippen LogP contribution in [0.5, 0.6) is 17.2 Å². The fourth-order valence-electron chi connectivity index (χ4n) is 1.96. The fraction of sp³-hybridized carbons (Fsp3) is 0.294. The molecule has 0 radical (unpaired) electrons. The largest absolute Gasteiger partial charge is 0.493 e. The first-order valence-electron chi connectivity index (χ1n) is 6.95. The van der Waals surface area contributed by atoms with Crippen LogP contribution in [0.15, 0.2) is 48.5 Å². The first kappa shape index (κ1) is 15.2. The number of ether oxygens (including phenoxy) is 3. The van der Waals surface area contributed by atoms with Gasteiger partial charge in [-0.2, -0.15) is 0 Å². The number of benzene rings is 2. The highest BCUT2D eigenvalue weighted by molar-refractivity contribution is 5.39. The minimum Gasteiger partial charge on any atom is -0.493 e. The summed E-state index contributed by atoms with van der Waals surface area (Å²) in [6, 6.07) is 15.6. The quantitative estimate of drug-likeness (QED) is 0.758. The molecular formula is C17H21NO3. The van der Waals surface area contributed by atoms with Gasteiger partial charge in [-0.25, -0.2) is 0 Å². The van der Waals surface area contributed by atoms with Gasteiger partial charge >= 0.3 is 0 Å². The Bertz CT molecular complexity index is 540. The van der Waals surface area contributed by atoms with Crippen LogP contribution in [0.4, 0.5) is 0 Å². The summed E-state index contributed by atoms with van der Waals surface area (Å²) in [7, 11) is 3.56. The van der Waals surface area contributed by atoms with Crippen molar-refractivity contribution >= 4 is 0 Å². The maximum Gasteiger partial charge on any atom is 0.161 e. The molecule has 0 amide bonds. The Labute approximate surface area is 125 Å². The molecule has 4 heteroatoms. The van der Waals surface area contributed by atoms with Crippen LogP contribution in [0.25, 0.3) is 0 Å². The van der Waals surface area contributed by atoms with E-state index in [4.69, 9.17) is 14.2 Å². The molecule has 0 heterocycles. The number of para-hydroxylation sites is 2. The van der Waals surface area contributed by atoms with E-state index in [9.17, 15) is 0 Å². The summed E-state index contributed by atoms with van der Waals surface area (Å²) in [5.41, 5.74) is 1.23. The highest BCUT2D eigenvalue weighted by Crippen LogP contribution is 2.25. The molecule has 0 unspecified atom stereocenters. The highest BCUT2D eigenvalue weighted by Gasteiger charge is 2.02. The molecule has 0 saturated heterocycles. The number of methoxy groups -OCH3 is 1. The van der Waals surface area contributed by atoms with Gasteiger partial charge in [-0.05, 0) is 36.9 Å². The lowest BCUT2D eigenvalue weighted by Gasteiger charge is -2.11. The lowest BCUT2D eigenvalue weighted by Crippen LogP contribution is -2.09. The van der Waals surface area contributed by atoms with Gasteiger partial charge in [-0.15, -0.1) is 0 Å². The van der Waals surface area contributed by atoms with Crippen LogP contribution in [0.2, 0.25) is 0 Å². The highest BCUT2D eigenvalue weighted by atomic mass is 16.5. The standard InChI is InChI=1S/C17H21NO3/c1-18-13-14-7-9-15(10-8-14)20-11-12-21-17-6-4-3-5-16(17)19-2/h3-10,18H,11-13H2,1-2H3.